The van der Waals surface area contributed by atoms with E-state index in [4.69, 9.17) is 19.3 Å². The highest BCUT2D eigenvalue weighted by Crippen LogP contribution is 2.30. The Balaban J connectivity index is 2.04. The lowest BCUT2D eigenvalue weighted by molar-refractivity contribution is -0.302. The quantitative estimate of drug-likeness (QED) is 0.334. The second-order valence-corrected chi connectivity index (χ2v) is 5.84. The molecule has 1 aliphatic heterocycles. The minimum atomic E-state index is -1.53. The van der Waals surface area contributed by atoms with Gasteiger partial charge in [-0.1, -0.05) is 6.07 Å². The lowest BCUT2D eigenvalue weighted by Crippen LogP contribution is -2.59. The Labute approximate surface area is 144 Å². The molecule has 1 fully saturated rings. The van der Waals surface area contributed by atoms with Crippen LogP contribution in [0.5, 0.6) is 11.5 Å². The summed E-state index contributed by atoms with van der Waals surface area (Å²) in [5.41, 5.74) is 0.627. The molecule has 1 aromatic carbocycles. The van der Waals surface area contributed by atoms with Gasteiger partial charge in [-0.2, -0.15) is 0 Å². The minimum Gasteiger partial charge on any atom is -0.504 e. The molecule has 0 spiro atoms. The van der Waals surface area contributed by atoms with Crippen molar-refractivity contribution < 1.29 is 44.8 Å². The second kappa shape index (κ2) is 8.77. The highest BCUT2D eigenvalue weighted by atomic mass is 16.7. The zero-order valence-corrected chi connectivity index (χ0v) is 13.7. The Hall–Kier alpha value is -1.46. The number of benzene rings is 1. The molecule has 9 nitrogen and oxygen atoms in total. The predicted octanol–water partition coefficient (Wildman–Crippen LogP) is -1.71. The molecule has 0 amide bonds. The zero-order valence-electron chi connectivity index (χ0n) is 13.7. The molecule has 9 heteroatoms. The average molecular weight is 360 g/mol. The summed E-state index contributed by atoms with van der Waals surface area (Å²) in [6.07, 6.45) is -6.84. The topological polar surface area (TPSA) is 149 Å². The summed E-state index contributed by atoms with van der Waals surface area (Å²) in [6, 6.07) is 4.56. The van der Waals surface area contributed by atoms with Crippen LogP contribution in [-0.2, 0) is 9.47 Å². The molecule has 1 aliphatic rings. The number of hydrogen-bond donors (Lipinski definition) is 6. The van der Waals surface area contributed by atoms with Gasteiger partial charge >= 0.3 is 0 Å². The van der Waals surface area contributed by atoms with Gasteiger partial charge in [0.05, 0.1) is 26.9 Å². The largest absolute Gasteiger partial charge is 0.504 e. The standard InChI is InChI=1S/C16H24O9/c1-23-11-4-8(2-3-10(11)19)9(5-17)7-24-16-15(22)14(21)13(20)12(6-18)25-16/h2-4,9,12-22H,5-7H2,1H3/t9?,12-,13-,14+,15-,16-/m1/s1. The first-order valence-electron chi connectivity index (χ1n) is 7.82. The van der Waals surface area contributed by atoms with Crippen LogP contribution in [0.25, 0.3) is 0 Å². The first-order chi connectivity index (χ1) is 11.9. The minimum absolute atomic E-state index is 0.0437. The Bertz CT molecular complexity index is 550. The molecule has 0 aromatic heterocycles. The Morgan fingerprint density at radius 3 is 2.44 bits per heavy atom. The molecule has 0 saturated carbocycles. The van der Waals surface area contributed by atoms with Gasteiger partial charge in [0.25, 0.3) is 0 Å². The predicted molar refractivity (Wildman–Crippen MR) is 84.2 cm³/mol. The van der Waals surface area contributed by atoms with Crippen LogP contribution < -0.4 is 4.74 Å². The molecule has 1 unspecified atom stereocenters. The molecule has 1 aromatic rings. The SMILES string of the molecule is COc1cc(C(CO)CO[C@@H]2O[C@H](CO)[C@@H](O)[C@H](O)[C@H]2O)ccc1O. The number of aromatic hydroxyl groups is 1. The van der Waals surface area contributed by atoms with Gasteiger partial charge in [-0.25, -0.2) is 0 Å². The number of rotatable bonds is 7. The first-order valence-corrected chi connectivity index (χ1v) is 7.82. The van der Waals surface area contributed by atoms with Crippen LogP contribution in [0.3, 0.4) is 0 Å². The fourth-order valence-electron chi connectivity index (χ4n) is 2.62. The van der Waals surface area contributed by atoms with Gasteiger partial charge in [-0.15, -0.1) is 0 Å². The van der Waals surface area contributed by atoms with E-state index in [2.05, 4.69) is 0 Å². The fourth-order valence-corrected chi connectivity index (χ4v) is 2.62. The molecule has 0 radical (unpaired) electrons. The van der Waals surface area contributed by atoms with E-state index in [0.29, 0.717) is 5.56 Å². The van der Waals surface area contributed by atoms with Crippen molar-refractivity contribution in [2.45, 2.75) is 36.6 Å². The summed E-state index contributed by atoms with van der Waals surface area (Å²) in [6.45, 7) is -0.915. The maximum Gasteiger partial charge on any atom is 0.186 e. The molecule has 1 heterocycles. The molecule has 6 N–H and O–H groups in total. The maximum absolute atomic E-state index is 9.94. The smallest absolute Gasteiger partial charge is 0.186 e. The molecular formula is C16H24O9. The third-order valence-electron chi connectivity index (χ3n) is 4.21. The van der Waals surface area contributed by atoms with E-state index in [1.165, 1.54) is 13.2 Å². The van der Waals surface area contributed by atoms with E-state index in [1.54, 1.807) is 12.1 Å². The van der Waals surface area contributed by atoms with Crippen LogP contribution in [0.4, 0.5) is 0 Å². The van der Waals surface area contributed by atoms with Gasteiger partial charge < -0.3 is 44.8 Å². The van der Waals surface area contributed by atoms with Crippen molar-refractivity contribution >= 4 is 0 Å². The summed E-state index contributed by atoms with van der Waals surface area (Å²) >= 11 is 0. The lowest BCUT2D eigenvalue weighted by atomic mass is 9.98. The number of phenols is 1. The summed E-state index contributed by atoms with van der Waals surface area (Å²) in [5.74, 6) is -0.316. The summed E-state index contributed by atoms with van der Waals surface area (Å²) < 4.78 is 15.7. The van der Waals surface area contributed by atoms with Crippen LogP contribution in [0.15, 0.2) is 18.2 Å². The number of aliphatic hydroxyl groups is 5. The van der Waals surface area contributed by atoms with Crippen LogP contribution in [0.1, 0.15) is 11.5 Å². The van der Waals surface area contributed by atoms with Crippen molar-refractivity contribution in [3.05, 3.63) is 23.8 Å². The molecule has 0 bridgehead atoms. The van der Waals surface area contributed by atoms with Crippen LogP contribution in [-0.4, -0.2) is 88.3 Å². The maximum atomic E-state index is 9.94. The molecule has 0 aliphatic carbocycles. The molecule has 142 valence electrons. The number of aliphatic hydroxyl groups excluding tert-OH is 5. The van der Waals surface area contributed by atoms with Crippen molar-refractivity contribution in [1.29, 1.82) is 0 Å². The van der Waals surface area contributed by atoms with Gasteiger partial charge in [0, 0.05) is 5.92 Å². The van der Waals surface area contributed by atoms with Crippen molar-refractivity contribution in [1.82, 2.24) is 0 Å². The number of methoxy groups -OCH3 is 1. The first kappa shape index (κ1) is 19.9. The van der Waals surface area contributed by atoms with E-state index in [0.717, 1.165) is 0 Å². The van der Waals surface area contributed by atoms with Gasteiger partial charge in [0.15, 0.2) is 17.8 Å². The van der Waals surface area contributed by atoms with E-state index < -0.39 is 43.2 Å². The van der Waals surface area contributed by atoms with Gasteiger partial charge in [0.2, 0.25) is 0 Å². The third-order valence-corrected chi connectivity index (χ3v) is 4.21. The van der Waals surface area contributed by atoms with Crippen LogP contribution in [0, 0.1) is 0 Å². The molecule has 2 rings (SSSR count). The Kier molecular flexibility index (Phi) is 6.96. The third kappa shape index (κ3) is 4.39. The van der Waals surface area contributed by atoms with Crippen molar-refractivity contribution in [3.8, 4) is 11.5 Å². The molecule has 1 saturated heterocycles. The number of hydrogen-bond acceptors (Lipinski definition) is 9. The summed E-state index contributed by atoms with van der Waals surface area (Å²) in [5, 5.41) is 57.8. The number of phenolic OH excluding ortho intramolecular Hbond substituents is 1. The van der Waals surface area contributed by atoms with E-state index >= 15 is 0 Å². The van der Waals surface area contributed by atoms with Crippen molar-refractivity contribution in [3.63, 3.8) is 0 Å². The monoisotopic (exact) mass is 360 g/mol. The van der Waals surface area contributed by atoms with Crippen molar-refractivity contribution in [2.24, 2.45) is 0 Å². The molecular weight excluding hydrogens is 336 g/mol. The van der Waals surface area contributed by atoms with Gasteiger partial charge in [0.1, 0.15) is 24.4 Å². The fraction of sp³-hybridized carbons (Fsp3) is 0.625. The normalized spacial score (nSPS) is 30.9. The van der Waals surface area contributed by atoms with Gasteiger partial charge in [-0.3, -0.25) is 0 Å². The second-order valence-electron chi connectivity index (χ2n) is 5.84. The average Bonchev–Trinajstić information content (AvgIpc) is 2.63. The number of ether oxygens (including phenoxy) is 3. The van der Waals surface area contributed by atoms with Crippen LogP contribution >= 0.6 is 0 Å². The van der Waals surface area contributed by atoms with E-state index in [-0.39, 0.29) is 24.7 Å². The van der Waals surface area contributed by atoms with E-state index in [9.17, 15) is 25.5 Å². The lowest BCUT2D eigenvalue weighted by Gasteiger charge is -2.40. The highest BCUT2D eigenvalue weighted by molar-refractivity contribution is 5.42. The highest BCUT2D eigenvalue weighted by Gasteiger charge is 2.44. The zero-order chi connectivity index (χ0) is 18.6. The Morgan fingerprint density at radius 2 is 1.84 bits per heavy atom. The summed E-state index contributed by atoms with van der Waals surface area (Å²) in [7, 11) is 1.40. The summed E-state index contributed by atoms with van der Waals surface area (Å²) in [4.78, 5) is 0. The van der Waals surface area contributed by atoms with E-state index in [1.807, 2.05) is 0 Å². The Morgan fingerprint density at radius 1 is 1.12 bits per heavy atom. The van der Waals surface area contributed by atoms with Crippen molar-refractivity contribution in [2.75, 3.05) is 26.9 Å². The molecule has 6 atom stereocenters. The van der Waals surface area contributed by atoms with Gasteiger partial charge in [-0.05, 0) is 17.7 Å². The van der Waals surface area contributed by atoms with Crippen LogP contribution in [0.2, 0.25) is 0 Å². The molecule has 25 heavy (non-hydrogen) atoms.